The van der Waals surface area contributed by atoms with Gasteiger partial charge >= 0.3 is 5.97 Å². The largest absolute Gasteiger partial charge is 0.490 e. The summed E-state index contributed by atoms with van der Waals surface area (Å²) in [6.45, 7) is 3.55. The number of fused-ring (bicyclic) bond motifs is 1. The predicted octanol–water partition coefficient (Wildman–Crippen LogP) is 2.40. The van der Waals surface area contributed by atoms with E-state index >= 15 is 0 Å². The van der Waals surface area contributed by atoms with Crippen LogP contribution >= 0.6 is 0 Å². The summed E-state index contributed by atoms with van der Waals surface area (Å²) in [7, 11) is 3.90. The molecule has 2 rings (SSSR count). The van der Waals surface area contributed by atoms with Gasteiger partial charge in [-0.05, 0) is 38.7 Å². The van der Waals surface area contributed by atoms with Crippen molar-refractivity contribution in [1.29, 1.82) is 0 Å². The molecule has 5 nitrogen and oxygen atoms in total. The van der Waals surface area contributed by atoms with E-state index in [2.05, 4.69) is 0 Å². The molecule has 0 aliphatic carbocycles. The van der Waals surface area contributed by atoms with Crippen LogP contribution in [0.3, 0.4) is 0 Å². The molecule has 1 heterocycles. The van der Waals surface area contributed by atoms with Gasteiger partial charge in [0.15, 0.2) is 11.5 Å². The number of ether oxygens (including phenoxy) is 3. The van der Waals surface area contributed by atoms with Crippen LogP contribution in [0.2, 0.25) is 0 Å². The Kier molecular flexibility index (Phi) is 5.44. The fraction of sp³-hybridized carbons (Fsp3) is 0.562. The van der Waals surface area contributed by atoms with E-state index in [1.165, 1.54) is 0 Å². The second kappa shape index (κ2) is 7.31. The van der Waals surface area contributed by atoms with Crippen molar-refractivity contribution in [1.82, 2.24) is 4.90 Å². The van der Waals surface area contributed by atoms with Crippen LogP contribution < -0.4 is 9.47 Å². The van der Waals surface area contributed by atoms with Gasteiger partial charge in [-0.25, -0.2) is 0 Å². The number of nitrogens with zero attached hydrogens (tertiary/aromatic N) is 1. The van der Waals surface area contributed by atoms with Crippen LogP contribution in [-0.2, 0) is 9.53 Å². The number of hydrogen-bond acceptors (Lipinski definition) is 5. The Morgan fingerprint density at radius 2 is 2.00 bits per heavy atom. The number of esters is 1. The fourth-order valence-corrected chi connectivity index (χ4v) is 2.36. The Morgan fingerprint density at radius 3 is 2.67 bits per heavy atom. The second-order valence-corrected chi connectivity index (χ2v) is 5.25. The lowest BCUT2D eigenvalue weighted by atomic mass is 10.0. The first-order valence-corrected chi connectivity index (χ1v) is 7.33. The predicted molar refractivity (Wildman–Crippen MR) is 79.7 cm³/mol. The van der Waals surface area contributed by atoms with Gasteiger partial charge in [-0.15, -0.1) is 0 Å². The molecule has 21 heavy (non-hydrogen) atoms. The van der Waals surface area contributed by atoms with Gasteiger partial charge < -0.3 is 19.1 Å². The molecule has 1 aliphatic rings. The molecule has 116 valence electrons. The summed E-state index contributed by atoms with van der Waals surface area (Å²) in [5, 5.41) is 0. The topological polar surface area (TPSA) is 48.0 Å². The smallest absolute Gasteiger partial charge is 0.307 e. The van der Waals surface area contributed by atoms with Crippen LogP contribution in [0, 0.1) is 0 Å². The van der Waals surface area contributed by atoms with Gasteiger partial charge in [0, 0.05) is 12.5 Å². The third-order valence-electron chi connectivity index (χ3n) is 3.45. The molecule has 0 amide bonds. The monoisotopic (exact) mass is 293 g/mol. The van der Waals surface area contributed by atoms with Crippen LogP contribution in [0.15, 0.2) is 18.2 Å². The molecule has 0 bridgehead atoms. The lowest BCUT2D eigenvalue weighted by Gasteiger charge is -2.24. The van der Waals surface area contributed by atoms with Crippen LogP contribution in [0.25, 0.3) is 0 Å². The molecule has 0 aromatic heterocycles. The van der Waals surface area contributed by atoms with Crippen molar-refractivity contribution < 1.29 is 19.0 Å². The molecule has 0 spiro atoms. The lowest BCUT2D eigenvalue weighted by molar-refractivity contribution is -0.144. The normalized spacial score (nSPS) is 15.4. The first-order valence-electron chi connectivity index (χ1n) is 7.33. The molecular formula is C16H23NO4. The molecule has 1 atom stereocenters. The maximum atomic E-state index is 11.8. The molecule has 1 aromatic rings. The molecule has 0 saturated heterocycles. The highest BCUT2D eigenvalue weighted by Crippen LogP contribution is 2.34. The summed E-state index contributed by atoms with van der Waals surface area (Å²) < 4.78 is 16.4. The van der Waals surface area contributed by atoms with E-state index in [0.717, 1.165) is 23.5 Å². The highest BCUT2D eigenvalue weighted by molar-refractivity contribution is 5.70. The summed E-state index contributed by atoms with van der Waals surface area (Å²) in [5.74, 6) is 1.33. The molecular weight excluding hydrogens is 270 g/mol. The minimum Gasteiger partial charge on any atom is -0.490 e. The van der Waals surface area contributed by atoms with E-state index in [0.29, 0.717) is 26.2 Å². The van der Waals surface area contributed by atoms with Crippen molar-refractivity contribution in [2.24, 2.45) is 0 Å². The van der Waals surface area contributed by atoms with Gasteiger partial charge in [0.05, 0.1) is 26.2 Å². The highest BCUT2D eigenvalue weighted by atomic mass is 16.5. The summed E-state index contributed by atoms with van der Waals surface area (Å²) in [6.07, 6.45) is 1.20. The zero-order chi connectivity index (χ0) is 15.2. The van der Waals surface area contributed by atoms with E-state index in [1.807, 2.05) is 44.1 Å². The van der Waals surface area contributed by atoms with Gasteiger partial charge in [0.1, 0.15) is 0 Å². The fourth-order valence-electron chi connectivity index (χ4n) is 2.36. The maximum absolute atomic E-state index is 11.8. The van der Waals surface area contributed by atoms with E-state index in [4.69, 9.17) is 14.2 Å². The Bertz CT molecular complexity index is 487. The molecule has 1 aliphatic heterocycles. The van der Waals surface area contributed by atoms with Crippen LogP contribution in [0.5, 0.6) is 11.5 Å². The van der Waals surface area contributed by atoms with Crippen molar-refractivity contribution in [3.8, 4) is 11.5 Å². The molecule has 0 fully saturated rings. The van der Waals surface area contributed by atoms with E-state index < -0.39 is 0 Å². The SMILES string of the molecule is CCOC(=O)CC(c1ccc2c(c1)OCCCO2)N(C)C. The number of benzene rings is 1. The third kappa shape index (κ3) is 4.11. The average Bonchev–Trinajstić information content (AvgIpc) is 2.69. The van der Waals surface area contributed by atoms with Gasteiger partial charge in [-0.2, -0.15) is 0 Å². The van der Waals surface area contributed by atoms with E-state index in [9.17, 15) is 4.79 Å². The van der Waals surface area contributed by atoms with Gasteiger partial charge in [-0.1, -0.05) is 6.07 Å². The molecule has 0 radical (unpaired) electrons. The standard InChI is InChI=1S/C16H23NO4/c1-4-19-16(18)11-13(17(2)3)12-6-7-14-15(10-12)21-9-5-8-20-14/h6-7,10,13H,4-5,8-9,11H2,1-3H3. The summed E-state index contributed by atoms with van der Waals surface area (Å²) in [5.41, 5.74) is 1.03. The van der Waals surface area contributed by atoms with Crippen molar-refractivity contribution >= 4 is 5.97 Å². The zero-order valence-electron chi connectivity index (χ0n) is 12.9. The van der Waals surface area contributed by atoms with Crippen LogP contribution in [0.1, 0.15) is 31.4 Å². The molecule has 1 aromatic carbocycles. The Hall–Kier alpha value is -1.75. The molecule has 0 saturated carbocycles. The number of carbonyl (C=O) groups is 1. The van der Waals surface area contributed by atoms with Gasteiger partial charge in [-0.3, -0.25) is 4.79 Å². The molecule has 1 unspecified atom stereocenters. The second-order valence-electron chi connectivity index (χ2n) is 5.25. The maximum Gasteiger partial charge on any atom is 0.307 e. The van der Waals surface area contributed by atoms with Gasteiger partial charge in [0.2, 0.25) is 0 Å². The minimum atomic E-state index is -0.191. The number of rotatable bonds is 5. The van der Waals surface area contributed by atoms with Crippen molar-refractivity contribution in [3.05, 3.63) is 23.8 Å². The summed E-state index contributed by atoms with van der Waals surface area (Å²) in [4.78, 5) is 13.8. The van der Waals surface area contributed by atoms with Crippen molar-refractivity contribution in [2.45, 2.75) is 25.8 Å². The third-order valence-corrected chi connectivity index (χ3v) is 3.45. The minimum absolute atomic E-state index is 0.0406. The summed E-state index contributed by atoms with van der Waals surface area (Å²) >= 11 is 0. The Labute approximate surface area is 125 Å². The van der Waals surface area contributed by atoms with E-state index in [-0.39, 0.29) is 12.0 Å². The van der Waals surface area contributed by atoms with Crippen LogP contribution in [-0.4, -0.2) is 44.8 Å². The Morgan fingerprint density at radius 1 is 1.29 bits per heavy atom. The first-order chi connectivity index (χ1) is 10.1. The average molecular weight is 293 g/mol. The van der Waals surface area contributed by atoms with Gasteiger partial charge in [0.25, 0.3) is 0 Å². The van der Waals surface area contributed by atoms with Crippen molar-refractivity contribution in [3.63, 3.8) is 0 Å². The number of hydrogen-bond donors (Lipinski definition) is 0. The van der Waals surface area contributed by atoms with Crippen molar-refractivity contribution in [2.75, 3.05) is 33.9 Å². The zero-order valence-corrected chi connectivity index (χ0v) is 12.9. The first kappa shape index (κ1) is 15.6. The van der Waals surface area contributed by atoms with E-state index in [1.54, 1.807) is 0 Å². The molecule has 0 N–H and O–H groups in total. The quantitative estimate of drug-likeness (QED) is 0.780. The molecule has 5 heteroatoms. The Balaban J connectivity index is 2.20. The summed E-state index contributed by atoms with van der Waals surface area (Å²) in [6, 6.07) is 5.82. The lowest BCUT2D eigenvalue weighted by Crippen LogP contribution is -2.23. The number of carbonyl (C=O) groups excluding carboxylic acids is 1. The van der Waals surface area contributed by atoms with Crippen LogP contribution in [0.4, 0.5) is 0 Å². The highest BCUT2D eigenvalue weighted by Gasteiger charge is 2.21.